The number of hydrogen-bond donors (Lipinski definition) is 1. The Morgan fingerprint density at radius 2 is 2.14 bits per heavy atom. The first kappa shape index (κ1) is 16.8. The SMILES string of the molecule is CC(C)N(C)CC(=O)N1C[C@H](O)C[C@H]1c1cc(F)ccc1F. The molecule has 1 heterocycles. The van der Waals surface area contributed by atoms with Gasteiger partial charge in [0.2, 0.25) is 5.91 Å². The third-order valence-corrected chi connectivity index (χ3v) is 4.18. The maximum Gasteiger partial charge on any atom is 0.237 e. The Morgan fingerprint density at radius 1 is 1.45 bits per heavy atom. The summed E-state index contributed by atoms with van der Waals surface area (Å²) in [6.45, 7) is 4.26. The lowest BCUT2D eigenvalue weighted by molar-refractivity contribution is -0.133. The second kappa shape index (κ2) is 6.71. The molecular formula is C16H22F2N2O2. The molecule has 1 amide bonds. The van der Waals surface area contributed by atoms with Gasteiger partial charge in [0.15, 0.2) is 0 Å². The van der Waals surface area contributed by atoms with Gasteiger partial charge in [-0.2, -0.15) is 0 Å². The van der Waals surface area contributed by atoms with Gasteiger partial charge in [0.1, 0.15) is 11.6 Å². The monoisotopic (exact) mass is 312 g/mol. The summed E-state index contributed by atoms with van der Waals surface area (Å²) in [7, 11) is 1.83. The van der Waals surface area contributed by atoms with Crippen molar-refractivity contribution in [1.82, 2.24) is 9.80 Å². The normalized spacial score (nSPS) is 21.9. The van der Waals surface area contributed by atoms with Crippen LogP contribution in [0.2, 0.25) is 0 Å². The third-order valence-electron chi connectivity index (χ3n) is 4.18. The van der Waals surface area contributed by atoms with Crippen LogP contribution < -0.4 is 0 Å². The van der Waals surface area contributed by atoms with Gasteiger partial charge in [0.25, 0.3) is 0 Å². The van der Waals surface area contributed by atoms with Crippen molar-refractivity contribution >= 4 is 5.91 Å². The molecule has 1 fully saturated rings. The highest BCUT2D eigenvalue weighted by molar-refractivity contribution is 5.79. The van der Waals surface area contributed by atoms with Crippen molar-refractivity contribution in [3.8, 4) is 0 Å². The first-order valence-corrected chi connectivity index (χ1v) is 7.42. The molecule has 1 aliphatic rings. The van der Waals surface area contributed by atoms with Crippen LogP contribution in [0.4, 0.5) is 8.78 Å². The van der Waals surface area contributed by atoms with Gasteiger partial charge in [-0.1, -0.05) is 0 Å². The minimum atomic E-state index is -0.721. The largest absolute Gasteiger partial charge is 0.391 e. The minimum Gasteiger partial charge on any atom is -0.391 e. The van der Waals surface area contributed by atoms with E-state index in [2.05, 4.69) is 0 Å². The van der Waals surface area contributed by atoms with Crippen LogP contribution in [0, 0.1) is 11.6 Å². The summed E-state index contributed by atoms with van der Waals surface area (Å²) < 4.78 is 27.4. The lowest BCUT2D eigenvalue weighted by Crippen LogP contribution is -2.41. The second-order valence-electron chi connectivity index (χ2n) is 6.13. The molecule has 22 heavy (non-hydrogen) atoms. The van der Waals surface area contributed by atoms with Gasteiger partial charge in [-0.25, -0.2) is 8.78 Å². The van der Waals surface area contributed by atoms with Crippen molar-refractivity contribution in [2.45, 2.75) is 38.5 Å². The fourth-order valence-electron chi connectivity index (χ4n) is 2.64. The summed E-state index contributed by atoms with van der Waals surface area (Å²) in [4.78, 5) is 15.8. The molecule has 0 radical (unpaired) electrons. The average Bonchev–Trinajstić information content (AvgIpc) is 2.83. The second-order valence-corrected chi connectivity index (χ2v) is 6.13. The summed E-state index contributed by atoms with van der Waals surface area (Å²) in [6, 6.07) is 2.77. The first-order chi connectivity index (χ1) is 10.3. The molecule has 0 saturated carbocycles. The van der Waals surface area contributed by atoms with Gasteiger partial charge in [0, 0.05) is 18.2 Å². The average molecular weight is 312 g/mol. The number of carbonyl (C=O) groups is 1. The number of likely N-dealkylation sites (tertiary alicyclic amines) is 1. The molecule has 1 aliphatic heterocycles. The zero-order valence-electron chi connectivity index (χ0n) is 13.1. The molecule has 1 aromatic carbocycles. The van der Waals surface area contributed by atoms with Crippen molar-refractivity contribution in [2.24, 2.45) is 0 Å². The maximum absolute atomic E-state index is 14.0. The molecule has 0 spiro atoms. The number of likely N-dealkylation sites (N-methyl/N-ethyl adjacent to an activating group) is 1. The molecule has 1 aromatic rings. The van der Waals surface area contributed by atoms with Crippen LogP contribution in [0.15, 0.2) is 18.2 Å². The topological polar surface area (TPSA) is 43.8 Å². The van der Waals surface area contributed by atoms with Crippen molar-refractivity contribution in [3.05, 3.63) is 35.4 Å². The van der Waals surface area contributed by atoms with E-state index >= 15 is 0 Å². The minimum absolute atomic E-state index is 0.122. The molecule has 4 nitrogen and oxygen atoms in total. The Morgan fingerprint density at radius 3 is 2.77 bits per heavy atom. The molecule has 0 aromatic heterocycles. The van der Waals surface area contributed by atoms with Crippen molar-refractivity contribution in [2.75, 3.05) is 20.1 Å². The van der Waals surface area contributed by atoms with E-state index in [1.807, 2.05) is 25.8 Å². The summed E-state index contributed by atoms with van der Waals surface area (Å²) in [5, 5.41) is 9.86. The van der Waals surface area contributed by atoms with Crippen molar-refractivity contribution in [1.29, 1.82) is 0 Å². The van der Waals surface area contributed by atoms with Crippen LogP contribution in [-0.2, 0) is 4.79 Å². The molecule has 2 rings (SSSR count). The highest BCUT2D eigenvalue weighted by Crippen LogP contribution is 2.34. The van der Waals surface area contributed by atoms with E-state index in [9.17, 15) is 18.7 Å². The molecular weight excluding hydrogens is 290 g/mol. The Labute approximate surface area is 129 Å². The molecule has 122 valence electrons. The number of nitrogens with zero attached hydrogens (tertiary/aromatic N) is 2. The van der Waals surface area contributed by atoms with E-state index in [-0.39, 0.29) is 37.0 Å². The van der Waals surface area contributed by atoms with Gasteiger partial charge in [0.05, 0.1) is 18.7 Å². The van der Waals surface area contributed by atoms with E-state index in [0.717, 1.165) is 18.2 Å². The Hall–Kier alpha value is -1.53. The zero-order chi connectivity index (χ0) is 16.4. The number of benzene rings is 1. The van der Waals surface area contributed by atoms with E-state index in [1.165, 1.54) is 4.90 Å². The van der Waals surface area contributed by atoms with Crippen LogP contribution in [0.1, 0.15) is 31.9 Å². The fraction of sp³-hybridized carbons (Fsp3) is 0.562. The number of carbonyl (C=O) groups excluding carboxylic acids is 1. The fourth-order valence-corrected chi connectivity index (χ4v) is 2.64. The number of halogens is 2. The maximum atomic E-state index is 14.0. The standard InChI is InChI=1S/C16H22F2N2O2/c1-10(2)19(3)9-16(22)20-8-12(21)7-15(20)13-6-11(17)4-5-14(13)18/h4-6,10,12,15,21H,7-9H2,1-3H3/t12-,15+/m1/s1. The molecule has 2 atom stereocenters. The van der Waals surface area contributed by atoms with Crippen molar-refractivity contribution < 1.29 is 18.7 Å². The summed E-state index contributed by atoms with van der Waals surface area (Å²) >= 11 is 0. The smallest absolute Gasteiger partial charge is 0.237 e. The Kier molecular flexibility index (Phi) is 5.13. The van der Waals surface area contributed by atoms with Crippen LogP contribution in [0.25, 0.3) is 0 Å². The third kappa shape index (κ3) is 3.62. The number of amides is 1. The lowest BCUT2D eigenvalue weighted by Gasteiger charge is -2.28. The highest BCUT2D eigenvalue weighted by atomic mass is 19.1. The number of hydrogen-bond acceptors (Lipinski definition) is 3. The molecule has 6 heteroatoms. The first-order valence-electron chi connectivity index (χ1n) is 7.42. The number of aliphatic hydroxyl groups excluding tert-OH is 1. The lowest BCUT2D eigenvalue weighted by atomic mass is 10.0. The Bertz CT molecular complexity index is 551. The predicted molar refractivity (Wildman–Crippen MR) is 79.2 cm³/mol. The number of β-amino-alcohol motifs (C(OH)–C–C–N with tert-alkyl or cyclic N) is 1. The van der Waals surface area contributed by atoms with Gasteiger partial charge in [-0.05, 0) is 45.5 Å². The van der Waals surface area contributed by atoms with Crippen LogP contribution in [-0.4, -0.2) is 53.1 Å². The number of aliphatic hydroxyl groups is 1. The van der Waals surface area contributed by atoms with Gasteiger partial charge in [-0.3, -0.25) is 9.69 Å². The summed E-state index contributed by atoms with van der Waals surface area (Å²) in [6.07, 6.45) is -0.502. The molecule has 0 bridgehead atoms. The molecule has 0 aliphatic carbocycles. The molecule has 1 saturated heterocycles. The van der Waals surface area contributed by atoms with Crippen molar-refractivity contribution in [3.63, 3.8) is 0 Å². The number of rotatable bonds is 4. The van der Waals surface area contributed by atoms with Crippen LogP contribution >= 0.6 is 0 Å². The quantitative estimate of drug-likeness (QED) is 0.924. The van der Waals surface area contributed by atoms with E-state index in [0.29, 0.717) is 0 Å². The van der Waals surface area contributed by atoms with Gasteiger partial charge < -0.3 is 10.0 Å². The summed E-state index contributed by atoms with van der Waals surface area (Å²) in [5.41, 5.74) is 0.122. The van der Waals surface area contributed by atoms with Crippen LogP contribution in [0.3, 0.4) is 0 Å². The van der Waals surface area contributed by atoms with E-state index < -0.39 is 23.8 Å². The van der Waals surface area contributed by atoms with E-state index in [1.54, 1.807) is 0 Å². The zero-order valence-corrected chi connectivity index (χ0v) is 13.1. The highest BCUT2D eigenvalue weighted by Gasteiger charge is 2.37. The van der Waals surface area contributed by atoms with Crippen LogP contribution in [0.5, 0.6) is 0 Å². The Balaban J connectivity index is 2.22. The van der Waals surface area contributed by atoms with Gasteiger partial charge >= 0.3 is 0 Å². The molecule has 0 unspecified atom stereocenters. The van der Waals surface area contributed by atoms with E-state index in [4.69, 9.17) is 0 Å². The summed E-state index contributed by atoms with van der Waals surface area (Å²) in [5.74, 6) is -1.30. The molecule has 1 N–H and O–H groups in total. The van der Waals surface area contributed by atoms with Gasteiger partial charge in [-0.15, -0.1) is 0 Å². The predicted octanol–water partition coefficient (Wildman–Crippen LogP) is 1.94.